The van der Waals surface area contributed by atoms with Crippen molar-refractivity contribution in [2.75, 3.05) is 0 Å². The van der Waals surface area contributed by atoms with Gasteiger partial charge in [-0.2, -0.15) is 11.3 Å². The first kappa shape index (κ1) is 14.5. The van der Waals surface area contributed by atoms with E-state index in [1.54, 1.807) is 23.0 Å². The monoisotopic (exact) mass is 362 g/mol. The summed E-state index contributed by atoms with van der Waals surface area (Å²) in [6, 6.07) is 7.93. The van der Waals surface area contributed by atoms with Crippen molar-refractivity contribution >= 4 is 51.2 Å². The minimum absolute atomic E-state index is 0.174. The Bertz CT molecular complexity index is 1160. The quantitative estimate of drug-likeness (QED) is 0.386. The summed E-state index contributed by atoms with van der Waals surface area (Å²) in [5.41, 5.74) is 2.34. The van der Waals surface area contributed by atoms with Crippen LogP contribution in [-0.4, -0.2) is 21.1 Å². The number of ketones is 2. The number of nitrogens with zero attached hydrogens (tertiary/aromatic N) is 2. The molecule has 1 aliphatic carbocycles. The normalized spacial score (nSPS) is 13.7. The van der Waals surface area contributed by atoms with Gasteiger partial charge in [0.05, 0.1) is 17.3 Å². The Labute approximate surface area is 150 Å². The van der Waals surface area contributed by atoms with Crippen molar-refractivity contribution in [3.63, 3.8) is 0 Å². The maximum absolute atomic E-state index is 12.4. The van der Waals surface area contributed by atoms with Gasteiger partial charge in [-0.1, -0.05) is 0 Å². The van der Waals surface area contributed by atoms with Crippen LogP contribution in [-0.2, 0) is 0 Å². The molecule has 25 heavy (non-hydrogen) atoms. The second-order valence-corrected chi connectivity index (χ2v) is 7.55. The molecular formula is C19H10N2O2S2. The Balaban J connectivity index is 1.55. The molecule has 0 unspecified atom stereocenters. The van der Waals surface area contributed by atoms with Crippen LogP contribution in [0.2, 0.25) is 0 Å². The summed E-state index contributed by atoms with van der Waals surface area (Å²) in [5, 5.41) is 5.63. The van der Waals surface area contributed by atoms with Crippen molar-refractivity contribution in [3.8, 4) is 5.00 Å². The number of allylic oxidation sites excluding steroid dienone is 1. The Morgan fingerprint density at radius 2 is 1.80 bits per heavy atom. The van der Waals surface area contributed by atoms with E-state index in [1.165, 1.54) is 22.7 Å². The van der Waals surface area contributed by atoms with Gasteiger partial charge in [0, 0.05) is 44.5 Å². The molecule has 4 heterocycles. The molecule has 0 saturated heterocycles. The van der Waals surface area contributed by atoms with Crippen molar-refractivity contribution in [1.29, 1.82) is 0 Å². The van der Waals surface area contributed by atoms with Crippen LogP contribution in [0, 0.1) is 0 Å². The number of carbonyl (C=O) groups excluding carboxylic acids is 2. The third-order valence-electron chi connectivity index (χ3n) is 4.27. The minimum atomic E-state index is -0.174. The molecule has 0 spiro atoms. The van der Waals surface area contributed by atoms with E-state index in [9.17, 15) is 9.59 Å². The summed E-state index contributed by atoms with van der Waals surface area (Å²) >= 11 is 2.92. The van der Waals surface area contributed by atoms with Crippen LogP contribution < -0.4 is 0 Å². The molecule has 6 heteroatoms. The molecule has 0 aromatic carbocycles. The van der Waals surface area contributed by atoms with Crippen LogP contribution in [0.5, 0.6) is 0 Å². The maximum atomic E-state index is 12.4. The van der Waals surface area contributed by atoms with Gasteiger partial charge in [-0.25, -0.2) is 0 Å². The van der Waals surface area contributed by atoms with E-state index in [0.717, 1.165) is 20.8 Å². The molecule has 0 fully saturated rings. The molecule has 0 saturated carbocycles. The topological polar surface area (TPSA) is 52.0 Å². The van der Waals surface area contributed by atoms with Crippen molar-refractivity contribution in [2.45, 2.75) is 0 Å². The molecule has 0 atom stereocenters. The SMILES string of the molecule is O=C1C(=Cc2ccc(-n3ccc4ccncc43)s2)C(=O)c2cscc21. The molecule has 1 aliphatic rings. The van der Waals surface area contributed by atoms with Crippen LogP contribution >= 0.6 is 22.7 Å². The molecule has 4 aromatic rings. The molecule has 0 N–H and O–H groups in total. The predicted molar refractivity (Wildman–Crippen MR) is 99.9 cm³/mol. The van der Waals surface area contributed by atoms with E-state index < -0.39 is 0 Å². The largest absolute Gasteiger partial charge is 0.307 e. The van der Waals surface area contributed by atoms with Gasteiger partial charge < -0.3 is 4.57 Å². The highest BCUT2D eigenvalue weighted by molar-refractivity contribution is 7.15. The van der Waals surface area contributed by atoms with Gasteiger partial charge in [-0.15, -0.1) is 11.3 Å². The Morgan fingerprint density at radius 1 is 1.00 bits per heavy atom. The van der Waals surface area contributed by atoms with E-state index in [-0.39, 0.29) is 17.1 Å². The lowest BCUT2D eigenvalue weighted by molar-refractivity contribution is 0.0990. The number of pyridine rings is 1. The summed E-state index contributed by atoms with van der Waals surface area (Å²) in [6.07, 6.45) is 7.30. The van der Waals surface area contributed by atoms with Crippen molar-refractivity contribution in [1.82, 2.24) is 9.55 Å². The maximum Gasteiger partial charge on any atom is 0.198 e. The van der Waals surface area contributed by atoms with E-state index in [1.807, 2.05) is 36.7 Å². The number of hydrogen-bond donors (Lipinski definition) is 0. The lowest BCUT2D eigenvalue weighted by Gasteiger charge is -2.00. The van der Waals surface area contributed by atoms with Gasteiger partial charge in [0.1, 0.15) is 5.00 Å². The Hall–Kier alpha value is -2.83. The Kier molecular flexibility index (Phi) is 3.10. The standard InChI is InChI=1S/C19H10N2O2S2/c22-18-13(19(23)15-10-24-9-14(15)18)7-12-1-2-17(25-12)21-6-4-11-3-5-20-8-16(11)21/h1-10H. The lowest BCUT2D eigenvalue weighted by atomic mass is 10.1. The first-order chi connectivity index (χ1) is 12.2. The number of thiophene rings is 2. The van der Waals surface area contributed by atoms with Crippen molar-refractivity contribution in [2.24, 2.45) is 0 Å². The number of Topliss-reactive ketones (excluding diaryl/α,β-unsaturated/α-hetero) is 2. The molecule has 5 rings (SSSR count). The number of fused-ring (bicyclic) bond motifs is 2. The second-order valence-electron chi connectivity index (χ2n) is 5.71. The average Bonchev–Trinajstić information content (AvgIpc) is 3.38. The third kappa shape index (κ3) is 2.15. The van der Waals surface area contributed by atoms with Gasteiger partial charge in [0.2, 0.25) is 0 Å². The minimum Gasteiger partial charge on any atom is -0.307 e. The second kappa shape index (κ2) is 5.34. The average molecular weight is 362 g/mol. The zero-order valence-corrected chi connectivity index (χ0v) is 14.4. The molecule has 0 radical (unpaired) electrons. The third-order valence-corrected chi connectivity index (χ3v) is 6.05. The van der Waals surface area contributed by atoms with Gasteiger partial charge >= 0.3 is 0 Å². The van der Waals surface area contributed by atoms with Gasteiger partial charge in [-0.05, 0) is 30.3 Å². The molecule has 4 aromatic heterocycles. The molecule has 0 amide bonds. The molecule has 0 bridgehead atoms. The summed E-state index contributed by atoms with van der Waals surface area (Å²) < 4.78 is 2.06. The van der Waals surface area contributed by atoms with Gasteiger partial charge in [-0.3, -0.25) is 14.6 Å². The fourth-order valence-electron chi connectivity index (χ4n) is 3.03. The summed E-state index contributed by atoms with van der Waals surface area (Å²) in [5.74, 6) is -0.348. The van der Waals surface area contributed by atoms with E-state index in [2.05, 4.69) is 9.55 Å². The van der Waals surface area contributed by atoms with E-state index in [4.69, 9.17) is 0 Å². The van der Waals surface area contributed by atoms with Gasteiger partial charge in [0.15, 0.2) is 11.6 Å². The first-order valence-electron chi connectivity index (χ1n) is 7.61. The van der Waals surface area contributed by atoms with Gasteiger partial charge in [0.25, 0.3) is 0 Å². The molecule has 120 valence electrons. The van der Waals surface area contributed by atoms with E-state index >= 15 is 0 Å². The molecule has 4 nitrogen and oxygen atoms in total. The van der Waals surface area contributed by atoms with Crippen molar-refractivity contribution < 1.29 is 9.59 Å². The summed E-state index contributed by atoms with van der Waals surface area (Å²) in [4.78, 5) is 29.8. The predicted octanol–water partition coefficient (Wildman–Crippen LogP) is 4.61. The zero-order valence-electron chi connectivity index (χ0n) is 12.8. The van der Waals surface area contributed by atoms with Crippen LogP contribution in [0.15, 0.2) is 59.2 Å². The number of aromatic nitrogens is 2. The molecule has 0 aliphatic heterocycles. The Morgan fingerprint density at radius 3 is 2.60 bits per heavy atom. The highest BCUT2D eigenvalue weighted by Crippen LogP contribution is 2.33. The highest BCUT2D eigenvalue weighted by Gasteiger charge is 2.33. The molecular weight excluding hydrogens is 352 g/mol. The zero-order chi connectivity index (χ0) is 17.0. The summed E-state index contributed by atoms with van der Waals surface area (Å²) in [7, 11) is 0. The van der Waals surface area contributed by atoms with E-state index in [0.29, 0.717) is 11.1 Å². The smallest absolute Gasteiger partial charge is 0.198 e. The lowest BCUT2D eigenvalue weighted by Crippen LogP contribution is -2.00. The fraction of sp³-hybridized carbons (Fsp3) is 0. The van der Waals surface area contributed by atoms with Crippen LogP contribution in [0.3, 0.4) is 0 Å². The fourth-order valence-corrected chi connectivity index (χ4v) is 4.79. The number of rotatable bonds is 2. The summed E-state index contributed by atoms with van der Waals surface area (Å²) in [6.45, 7) is 0. The van der Waals surface area contributed by atoms with Crippen LogP contribution in [0.4, 0.5) is 0 Å². The first-order valence-corrected chi connectivity index (χ1v) is 9.37. The van der Waals surface area contributed by atoms with Crippen molar-refractivity contribution in [3.05, 3.63) is 75.2 Å². The number of hydrogen-bond acceptors (Lipinski definition) is 5. The van der Waals surface area contributed by atoms with Crippen LogP contribution in [0.1, 0.15) is 25.6 Å². The highest BCUT2D eigenvalue weighted by atomic mass is 32.1. The number of carbonyl (C=O) groups is 2. The van der Waals surface area contributed by atoms with Crippen LogP contribution in [0.25, 0.3) is 22.0 Å².